The Balaban J connectivity index is 2.06. The van der Waals surface area contributed by atoms with Gasteiger partial charge >= 0.3 is 0 Å². The first-order valence-corrected chi connectivity index (χ1v) is 8.41. The van der Waals surface area contributed by atoms with E-state index in [0.717, 1.165) is 19.6 Å². The molecular weight excluding hydrogens is 316 g/mol. The van der Waals surface area contributed by atoms with Crippen LogP contribution in [0.4, 0.5) is 5.69 Å². The van der Waals surface area contributed by atoms with Crippen LogP contribution in [0, 0.1) is 11.3 Å². The second kappa shape index (κ2) is 7.95. The first-order valence-electron chi connectivity index (χ1n) is 8.41. The van der Waals surface area contributed by atoms with E-state index in [-0.39, 0.29) is 11.8 Å². The lowest BCUT2D eigenvalue weighted by Gasteiger charge is -2.37. The van der Waals surface area contributed by atoms with Gasteiger partial charge in [-0.25, -0.2) is 0 Å². The van der Waals surface area contributed by atoms with Gasteiger partial charge in [0.05, 0.1) is 6.07 Å². The highest BCUT2D eigenvalue weighted by atomic mass is 16.2. The van der Waals surface area contributed by atoms with Crippen molar-refractivity contribution in [3.05, 3.63) is 42.5 Å². The standard InChI is InChI=1S/C19H24N4O2/c1-4-17(24)22(3)16-8-6-15(7-9-16)18(25)21-19(14-20)10-12-23(5-2)13-11-19/h4,6-9H,1,5,10-13H2,2-3H3,(H,21,25). The minimum absolute atomic E-state index is 0.219. The lowest BCUT2D eigenvalue weighted by molar-refractivity contribution is -0.113. The van der Waals surface area contributed by atoms with Crippen molar-refractivity contribution in [1.82, 2.24) is 10.2 Å². The summed E-state index contributed by atoms with van der Waals surface area (Å²) in [6.07, 6.45) is 2.48. The molecule has 1 aliphatic rings. The number of anilines is 1. The third-order valence-electron chi connectivity index (χ3n) is 4.75. The van der Waals surface area contributed by atoms with Crippen molar-refractivity contribution in [1.29, 1.82) is 5.26 Å². The van der Waals surface area contributed by atoms with Crippen LogP contribution in [0.15, 0.2) is 36.9 Å². The summed E-state index contributed by atoms with van der Waals surface area (Å²) in [5.41, 5.74) is 0.334. The molecular formula is C19H24N4O2. The number of amides is 2. The summed E-state index contributed by atoms with van der Waals surface area (Å²) >= 11 is 0. The van der Waals surface area contributed by atoms with Gasteiger partial charge < -0.3 is 15.1 Å². The van der Waals surface area contributed by atoms with Crippen LogP contribution < -0.4 is 10.2 Å². The third kappa shape index (κ3) is 4.25. The van der Waals surface area contributed by atoms with E-state index >= 15 is 0 Å². The van der Waals surface area contributed by atoms with E-state index in [0.29, 0.717) is 24.1 Å². The number of hydrogen-bond donors (Lipinski definition) is 1. The Labute approximate surface area is 148 Å². The molecule has 1 saturated heterocycles. The molecule has 0 aromatic heterocycles. The number of nitriles is 1. The number of benzene rings is 1. The number of likely N-dealkylation sites (tertiary alicyclic amines) is 1. The molecule has 132 valence electrons. The Morgan fingerprint density at radius 1 is 1.36 bits per heavy atom. The fourth-order valence-corrected chi connectivity index (χ4v) is 2.91. The summed E-state index contributed by atoms with van der Waals surface area (Å²) in [6, 6.07) is 9.01. The van der Waals surface area contributed by atoms with Crippen LogP contribution in [-0.4, -0.2) is 48.9 Å². The van der Waals surface area contributed by atoms with Gasteiger partial charge in [-0.3, -0.25) is 9.59 Å². The van der Waals surface area contributed by atoms with Crippen molar-refractivity contribution in [2.45, 2.75) is 25.3 Å². The number of likely N-dealkylation sites (N-methyl/N-ethyl adjacent to an activating group) is 1. The van der Waals surface area contributed by atoms with E-state index in [1.165, 1.54) is 11.0 Å². The predicted molar refractivity (Wildman–Crippen MR) is 97.2 cm³/mol. The molecule has 2 rings (SSSR count). The van der Waals surface area contributed by atoms with Gasteiger partial charge in [0.2, 0.25) is 5.91 Å². The predicted octanol–water partition coefficient (Wildman–Crippen LogP) is 1.94. The number of nitrogens with zero attached hydrogens (tertiary/aromatic N) is 3. The van der Waals surface area contributed by atoms with Crippen LogP contribution in [-0.2, 0) is 4.79 Å². The van der Waals surface area contributed by atoms with Crippen molar-refractivity contribution in [2.75, 3.05) is 31.6 Å². The van der Waals surface area contributed by atoms with Gasteiger partial charge in [-0.2, -0.15) is 5.26 Å². The molecule has 1 N–H and O–H groups in total. The zero-order valence-electron chi connectivity index (χ0n) is 14.8. The van der Waals surface area contributed by atoms with Crippen LogP contribution in [0.1, 0.15) is 30.1 Å². The second-order valence-electron chi connectivity index (χ2n) is 6.23. The minimum Gasteiger partial charge on any atom is -0.334 e. The number of hydrogen-bond acceptors (Lipinski definition) is 4. The molecule has 0 atom stereocenters. The van der Waals surface area contributed by atoms with E-state index < -0.39 is 5.54 Å². The van der Waals surface area contributed by atoms with Gasteiger partial charge in [-0.05, 0) is 49.7 Å². The average molecular weight is 340 g/mol. The summed E-state index contributed by atoms with van der Waals surface area (Å²) in [4.78, 5) is 27.9. The van der Waals surface area contributed by atoms with Crippen LogP contribution in [0.25, 0.3) is 0 Å². The van der Waals surface area contributed by atoms with Gasteiger partial charge in [0.1, 0.15) is 5.54 Å². The van der Waals surface area contributed by atoms with Gasteiger partial charge in [0.25, 0.3) is 5.91 Å². The summed E-state index contributed by atoms with van der Waals surface area (Å²) in [5.74, 6) is -0.487. The van der Waals surface area contributed by atoms with Gasteiger partial charge in [0, 0.05) is 31.4 Å². The van der Waals surface area contributed by atoms with Crippen molar-refractivity contribution in [3.8, 4) is 6.07 Å². The van der Waals surface area contributed by atoms with Crippen LogP contribution in [0.3, 0.4) is 0 Å². The second-order valence-corrected chi connectivity index (χ2v) is 6.23. The lowest BCUT2D eigenvalue weighted by atomic mass is 9.88. The minimum atomic E-state index is -0.809. The van der Waals surface area contributed by atoms with E-state index in [2.05, 4.69) is 29.8 Å². The highest BCUT2D eigenvalue weighted by Gasteiger charge is 2.36. The van der Waals surface area contributed by atoms with Crippen molar-refractivity contribution >= 4 is 17.5 Å². The van der Waals surface area contributed by atoms with Gasteiger partial charge in [0.15, 0.2) is 0 Å². The van der Waals surface area contributed by atoms with E-state index in [4.69, 9.17) is 0 Å². The summed E-state index contributed by atoms with van der Waals surface area (Å²) in [6.45, 7) is 8.11. The van der Waals surface area contributed by atoms with Crippen molar-refractivity contribution in [2.24, 2.45) is 0 Å². The monoisotopic (exact) mass is 340 g/mol. The Morgan fingerprint density at radius 3 is 2.44 bits per heavy atom. The maximum atomic E-state index is 12.5. The molecule has 0 radical (unpaired) electrons. The molecule has 1 fully saturated rings. The van der Waals surface area contributed by atoms with E-state index in [1.807, 2.05) is 0 Å². The highest BCUT2D eigenvalue weighted by molar-refractivity contribution is 6.01. The molecule has 6 heteroatoms. The Hall–Kier alpha value is -2.65. The lowest BCUT2D eigenvalue weighted by Crippen LogP contribution is -2.54. The summed E-state index contributed by atoms with van der Waals surface area (Å²) < 4.78 is 0. The molecule has 0 aliphatic carbocycles. The van der Waals surface area contributed by atoms with Gasteiger partial charge in [-0.1, -0.05) is 13.5 Å². The molecule has 0 unspecified atom stereocenters. The number of carbonyl (C=O) groups excluding carboxylic acids is 2. The quantitative estimate of drug-likeness (QED) is 0.831. The third-order valence-corrected chi connectivity index (χ3v) is 4.75. The molecule has 1 aliphatic heterocycles. The normalized spacial score (nSPS) is 16.5. The number of carbonyl (C=O) groups is 2. The molecule has 25 heavy (non-hydrogen) atoms. The molecule has 1 heterocycles. The number of piperidine rings is 1. The van der Waals surface area contributed by atoms with Crippen LogP contribution in [0.2, 0.25) is 0 Å². The van der Waals surface area contributed by atoms with Crippen LogP contribution in [0.5, 0.6) is 0 Å². The Bertz CT molecular complexity index is 682. The van der Waals surface area contributed by atoms with E-state index in [9.17, 15) is 14.9 Å². The molecule has 0 spiro atoms. The highest BCUT2D eigenvalue weighted by Crippen LogP contribution is 2.22. The smallest absolute Gasteiger partial charge is 0.252 e. The average Bonchev–Trinajstić information content (AvgIpc) is 2.67. The first-order chi connectivity index (χ1) is 11.9. The first kappa shape index (κ1) is 18.7. The summed E-state index contributed by atoms with van der Waals surface area (Å²) in [7, 11) is 1.64. The molecule has 6 nitrogen and oxygen atoms in total. The Morgan fingerprint density at radius 2 is 1.96 bits per heavy atom. The van der Waals surface area contributed by atoms with Crippen molar-refractivity contribution in [3.63, 3.8) is 0 Å². The van der Waals surface area contributed by atoms with E-state index in [1.54, 1.807) is 31.3 Å². The summed E-state index contributed by atoms with van der Waals surface area (Å²) in [5, 5.41) is 12.5. The molecule has 0 bridgehead atoms. The maximum Gasteiger partial charge on any atom is 0.252 e. The SMILES string of the molecule is C=CC(=O)N(C)c1ccc(C(=O)NC2(C#N)CCN(CC)CC2)cc1. The van der Waals surface area contributed by atoms with Crippen LogP contribution >= 0.6 is 0 Å². The molecule has 1 aromatic carbocycles. The zero-order chi connectivity index (χ0) is 18.4. The van der Waals surface area contributed by atoms with Crippen molar-refractivity contribution < 1.29 is 9.59 Å². The fraction of sp³-hybridized carbons (Fsp3) is 0.421. The largest absolute Gasteiger partial charge is 0.334 e. The zero-order valence-corrected chi connectivity index (χ0v) is 14.8. The Kier molecular flexibility index (Phi) is 5.94. The fourth-order valence-electron chi connectivity index (χ4n) is 2.91. The number of nitrogens with one attached hydrogen (secondary N) is 1. The van der Waals surface area contributed by atoms with Gasteiger partial charge in [-0.15, -0.1) is 0 Å². The topological polar surface area (TPSA) is 76.4 Å². The molecule has 0 saturated carbocycles. The molecule has 1 aromatic rings. The molecule has 2 amide bonds. The maximum absolute atomic E-state index is 12.5. The number of rotatable bonds is 5.